The third kappa shape index (κ3) is 3.80. The summed E-state index contributed by atoms with van der Waals surface area (Å²) in [5, 5.41) is 0.617. The van der Waals surface area contributed by atoms with E-state index in [0.29, 0.717) is 45.3 Å². The molecular weight excluding hydrogens is 493 g/mol. The number of thiophene rings is 1. The molecular formula is C27H24FN5O3S. The topological polar surface area (TPSA) is 92.0 Å². The molecule has 2 aliphatic heterocycles. The average molecular weight is 518 g/mol. The Hall–Kier alpha value is -4.02. The number of urea groups is 1. The molecule has 4 aromatic rings. The van der Waals surface area contributed by atoms with E-state index >= 15 is 4.39 Å². The Morgan fingerprint density at radius 1 is 1.11 bits per heavy atom. The largest absolute Gasteiger partial charge is 0.457 e. The average Bonchev–Trinajstić information content (AvgIpc) is 3.42. The number of amides is 3. The molecule has 0 bridgehead atoms. The van der Waals surface area contributed by atoms with Crippen molar-refractivity contribution in [2.45, 2.75) is 19.1 Å². The Bertz CT molecular complexity index is 1540. The standard InChI is InChI=1S/C27H24FN5O3S/c1-15-12-17(36-16-6-4-3-5-7-16)8-9-19(15)32-20-10-11-30-26-22(20)23(24(37-26)25(29)34)33(27(32)35)21-14-31(2)13-18(21)28/h3-12,18,21H,13-14H2,1-2H3,(H2,29,34)/t18-,21+/m1/s1. The zero-order chi connectivity index (χ0) is 25.8. The molecule has 0 radical (unpaired) electrons. The molecule has 10 heteroatoms. The lowest BCUT2D eigenvalue weighted by atomic mass is 10.0. The van der Waals surface area contributed by atoms with E-state index in [1.165, 1.54) is 4.90 Å². The molecule has 8 nitrogen and oxygen atoms in total. The van der Waals surface area contributed by atoms with Gasteiger partial charge in [-0.25, -0.2) is 14.2 Å². The van der Waals surface area contributed by atoms with Crippen molar-refractivity contribution in [1.82, 2.24) is 9.88 Å². The van der Waals surface area contributed by atoms with E-state index in [2.05, 4.69) is 4.98 Å². The van der Waals surface area contributed by atoms with Gasteiger partial charge in [0.05, 0.1) is 28.5 Å². The summed E-state index contributed by atoms with van der Waals surface area (Å²) in [5.74, 6) is 0.657. The number of nitrogens with zero attached hydrogens (tertiary/aromatic N) is 4. The Balaban J connectivity index is 1.51. The third-order valence-electron chi connectivity index (χ3n) is 6.77. The van der Waals surface area contributed by atoms with Crippen molar-refractivity contribution in [3.8, 4) is 11.5 Å². The van der Waals surface area contributed by atoms with Crippen LogP contribution in [0.4, 0.5) is 26.2 Å². The second kappa shape index (κ2) is 8.82. The highest BCUT2D eigenvalue weighted by atomic mass is 32.1. The van der Waals surface area contributed by atoms with E-state index < -0.39 is 24.2 Å². The molecule has 1 saturated heterocycles. The zero-order valence-electron chi connectivity index (χ0n) is 20.2. The SMILES string of the molecule is Cc1cc(Oc2ccccc2)ccc1N1C(=O)N([C@H]2CN(C)C[C@H]2F)c2c(C(N)=O)sc3nccc1c23. The van der Waals surface area contributed by atoms with Gasteiger partial charge in [0.15, 0.2) is 0 Å². The number of aryl methyl sites for hydroxylation is 1. The molecule has 6 rings (SSSR count). The molecule has 4 heterocycles. The molecule has 0 saturated carbocycles. The van der Waals surface area contributed by atoms with Crippen LogP contribution in [0.3, 0.4) is 0 Å². The van der Waals surface area contributed by atoms with Crippen molar-refractivity contribution in [2.24, 2.45) is 5.73 Å². The van der Waals surface area contributed by atoms with Crippen LogP contribution in [0, 0.1) is 6.92 Å². The van der Waals surface area contributed by atoms with Gasteiger partial charge in [-0.05, 0) is 55.9 Å². The summed E-state index contributed by atoms with van der Waals surface area (Å²) >= 11 is 1.12. The monoisotopic (exact) mass is 517 g/mol. The Kier molecular flexibility index (Phi) is 5.58. The van der Waals surface area contributed by atoms with Gasteiger partial charge in [-0.1, -0.05) is 18.2 Å². The minimum atomic E-state index is -1.28. The van der Waals surface area contributed by atoms with Crippen LogP contribution in [0.1, 0.15) is 15.2 Å². The van der Waals surface area contributed by atoms with Gasteiger partial charge in [-0.15, -0.1) is 11.3 Å². The summed E-state index contributed by atoms with van der Waals surface area (Å²) in [6.45, 7) is 2.41. The van der Waals surface area contributed by atoms with Crippen LogP contribution in [0.5, 0.6) is 11.5 Å². The number of aromatic nitrogens is 1. The lowest BCUT2D eigenvalue weighted by Crippen LogP contribution is -2.53. The number of likely N-dealkylation sites (N-methyl/N-ethyl adjacent to an activating group) is 1. The summed E-state index contributed by atoms with van der Waals surface area (Å²) in [6.07, 6.45) is 0.315. The highest BCUT2D eigenvalue weighted by Gasteiger charge is 2.46. The Labute approximate surface area is 216 Å². The van der Waals surface area contributed by atoms with E-state index in [-0.39, 0.29) is 11.4 Å². The van der Waals surface area contributed by atoms with Crippen LogP contribution in [0.2, 0.25) is 0 Å². The summed E-state index contributed by atoms with van der Waals surface area (Å²) < 4.78 is 21.2. The van der Waals surface area contributed by atoms with E-state index in [1.54, 1.807) is 23.2 Å². The molecule has 0 aliphatic carbocycles. The van der Waals surface area contributed by atoms with Gasteiger partial charge in [-0.3, -0.25) is 14.6 Å². The highest BCUT2D eigenvalue weighted by molar-refractivity contribution is 7.21. The number of carbonyl (C=O) groups is 2. The number of alkyl halides is 1. The molecule has 2 aromatic heterocycles. The van der Waals surface area contributed by atoms with Crippen molar-refractivity contribution >= 4 is 50.6 Å². The number of halogens is 1. The van der Waals surface area contributed by atoms with Crippen LogP contribution >= 0.6 is 11.3 Å². The number of hydrogen-bond donors (Lipinski definition) is 1. The van der Waals surface area contributed by atoms with Gasteiger partial charge in [-0.2, -0.15) is 0 Å². The maximum atomic E-state index is 15.3. The van der Waals surface area contributed by atoms with E-state index in [9.17, 15) is 9.59 Å². The first-order valence-corrected chi connectivity index (χ1v) is 12.7. The molecule has 1 fully saturated rings. The molecule has 37 heavy (non-hydrogen) atoms. The zero-order valence-corrected chi connectivity index (χ0v) is 21.0. The van der Waals surface area contributed by atoms with Gasteiger partial charge in [0.2, 0.25) is 0 Å². The number of pyridine rings is 1. The summed E-state index contributed by atoms with van der Waals surface area (Å²) in [4.78, 5) is 36.7. The first kappa shape index (κ1) is 23.4. The molecule has 2 aliphatic rings. The fraction of sp³-hybridized carbons (Fsp3) is 0.222. The molecule has 0 unspecified atom stereocenters. The maximum absolute atomic E-state index is 15.3. The van der Waals surface area contributed by atoms with Crippen LogP contribution in [0.25, 0.3) is 10.2 Å². The summed E-state index contributed by atoms with van der Waals surface area (Å²) in [6, 6.07) is 15.4. The van der Waals surface area contributed by atoms with Crippen molar-refractivity contribution in [3.05, 3.63) is 71.2 Å². The van der Waals surface area contributed by atoms with Gasteiger partial charge >= 0.3 is 6.03 Å². The van der Waals surface area contributed by atoms with Crippen LogP contribution in [-0.4, -0.2) is 54.2 Å². The smallest absolute Gasteiger partial charge is 0.334 e. The lowest BCUT2D eigenvalue weighted by Gasteiger charge is -2.39. The second-order valence-corrected chi connectivity index (χ2v) is 10.3. The maximum Gasteiger partial charge on any atom is 0.334 e. The number of nitrogens with two attached hydrogens (primary N) is 1. The van der Waals surface area contributed by atoms with Crippen LogP contribution < -0.4 is 20.3 Å². The molecule has 2 aromatic carbocycles. The van der Waals surface area contributed by atoms with Gasteiger partial charge < -0.3 is 15.4 Å². The number of benzene rings is 2. The van der Waals surface area contributed by atoms with Crippen molar-refractivity contribution in [2.75, 3.05) is 29.9 Å². The fourth-order valence-corrected chi connectivity index (χ4v) is 6.17. The normalized spacial score (nSPS) is 19.6. The second-order valence-electron chi connectivity index (χ2n) is 9.31. The molecule has 2 atom stereocenters. The molecule has 3 amide bonds. The van der Waals surface area contributed by atoms with Crippen LogP contribution in [0.15, 0.2) is 60.8 Å². The fourth-order valence-electron chi connectivity index (χ4n) is 5.16. The summed E-state index contributed by atoms with van der Waals surface area (Å²) in [7, 11) is 1.81. The minimum Gasteiger partial charge on any atom is -0.457 e. The summed E-state index contributed by atoms with van der Waals surface area (Å²) in [5.41, 5.74) is 8.06. The number of para-hydroxylation sites is 1. The van der Waals surface area contributed by atoms with Gasteiger partial charge in [0.25, 0.3) is 5.91 Å². The first-order chi connectivity index (χ1) is 17.8. The Morgan fingerprint density at radius 3 is 2.57 bits per heavy atom. The van der Waals surface area contributed by atoms with Crippen molar-refractivity contribution in [3.63, 3.8) is 0 Å². The van der Waals surface area contributed by atoms with Gasteiger partial charge in [0.1, 0.15) is 27.4 Å². The lowest BCUT2D eigenvalue weighted by molar-refractivity contribution is 0.100. The number of carbonyl (C=O) groups excluding carboxylic acids is 2. The van der Waals surface area contributed by atoms with Crippen molar-refractivity contribution in [1.29, 1.82) is 0 Å². The Morgan fingerprint density at radius 2 is 1.89 bits per heavy atom. The quantitative estimate of drug-likeness (QED) is 0.392. The van der Waals surface area contributed by atoms with E-state index in [0.717, 1.165) is 16.9 Å². The van der Waals surface area contributed by atoms with E-state index in [4.69, 9.17) is 10.5 Å². The highest BCUT2D eigenvalue weighted by Crippen LogP contribution is 2.50. The third-order valence-corrected chi connectivity index (χ3v) is 7.87. The van der Waals surface area contributed by atoms with Crippen LogP contribution in [-0.2, 0) is 0 Å². The number of hydrogen-bond acceptors (Lipinski definition) is 6. The van der Waals surface area contributed by atoms with Crippen molar-refractivity contribution < 1.29 is 18.7 Å². The molecule has 2 N–H and O–H groups in total. The minimum absolute atomic E-state index is 0.193. The molecule has 0 spiro atoms. The number of primary amides is 1. The number of rotatable bonds is 5. The molecule has 188 valence electrons. The number of ether oxygens (including phenoxy) is 1. The predicted octanol–water partition coefficient (Wildman–Crippen LogP) is 5.23. The predicted molar refractivity (Wildman–Crippen MR) is 142 cm³/mol. The number of anilines is 3. The van der Waals surface area contributed by atoms with Gasteiger partial charge in [0, 0.05) is 19.3 Å². The van der Waals surface area contributed by atoms with E-state index in [1.807, 2.05) is 61.3 Å². The number of likely N-dealkylation sites (tertiary alicyclic amines) is 1. The first-order valence-electron chi connectivity index (χ1n) is 11.8.